The molecule has 4 nitrogen and oxygen atoms in total. The van der Waals surface area contributed by atoms with Crippen molar-refractivity contribution in [2.75, 3.05) is 5.32 Å². The van der Waals surface area contributed by atoms with Crippen LogP contribution < -0.4 is 10.6 Å². The van der Waals surface area contributed by atoms with Crippen molar-refractivity contribution in [1.29, 1.82) is 0 Å². The molecule has 4 heteroatoms. The number of hydrogen-bond acceptors (Lipinski definition) is 2. The molecule has 0 aliphatic carbocycles. The lowest BCUT2D eigenvalue weighted by molar-refractivity contribution is 0.0936. The van der Waals surface area contributed by atoms with Crippen molar-refractivity contribution < 1.29 is 4.79 Å². The van der Waals surface area contributed by atoms with Crippen molar-refractivity contribution in [3.05, 3.63) is 65.9 Å². The lowest BCUT2D eigenvalue weighted by atomic mass is 10.1. The molecule has 20 heavy (non-hydrogen) atoms. The van der Waals surface area contributed by atoms with Crippen molar-refractivity contribution in [3.8, 4) is 0 Å². The number of anilines is 1. The van der Waals surface area contributed by atoms with Crippen LogP contribution in [0.5, 0.6) is 0 Å². The van der Waals surface area contributed by atoms with Gasteiger partial charge in [0.15, 0.2) is 0 Å². The third kappa shape index (κ3) is 1.58. The second-order valence-electron chi connectivity index (χ2n) is 4.89. The van der Waals surface area contributed by atoms with Crippen LogP contribution in [0.2, 0.25) is 0 Å². The van der Waals surface area contributed by atoms with E-state index in [-0.39, 0.29) is 12.1 Å². The third-order valence-electron chi connectivity index (χ3n) is 3.68. The van der Waals surface area contributed by atoms with E-state index < -0.39 is 0 Å². The fourth-order valence-corrected chi connectivity index (χ4v) is 2.70. The largest absolute Gasteiger partial charge is 0.361 e. The van der Waals surface area contributed by atoms with Gasteiger partial charge < -0.3 is 15.6 Å². The van der Waals surface area contributed by atoms with E-state index in [1.54, 1.807) is 0 Å². The molecule has 0 saturated carbocycles. The van der Waals surface area contributed by atoms with Gasteiger partial charge in [-0.05, 0) is 18.2 Å². The number of fused-ring (bicyclic) bond motifs is 2. The number of nitrogens with one attached hydrogen (secondary N) is 3. The number of benzene rings is 2. The summed E-state index contributed by atoms with van der Waals surface area (Å²) in [5, 5.41) is 7.48. The summed E-state index contributed by atoms with van der Waals surface area (Å²) in [6, 6.07) is 15.6. The first-order chi connectivity index (χ1) is 9.83. The minimum Gasteiger partial charge on any atom is -0.361 e. The van der Waals surface area contributed by atoms with Crippen molar-refractivity contribution in [2.24, 2.45) is 0 Å². The zero-order chi connectivity index (χ0) is 13.5. The molecule has 0 radical (unpaired) electrons. The highest BCUT2D eigenvalue weighted by Crippen LogP contribution is 2.30. The number of aromatic amines is 1. The Bertz CT molecular complexity index is 806. The second kappa shape index (κ2) is 4.13. The number of carbonyl (C=O) groups excluding carboxylic acids is 1. The van der Waals surface area contributed by atoms with Gasteiger partial charge in [0.1, 0.15) is 6.17 Å². The lowest BCUT2D eigenvalue weighted by Crippen LogP contribution is -2.38. The zero-order valence-corrected chi connectivity index (χ0v) is 10.7. The van der Waals surface area contributed by atoms with Gasteiger partial charge in [-0.25, -0.2) is 0 Å². The van der Waals surface area contributed by atoms with E-state index in [1.807, 2.05) is 48.7 Å². The third-order valence-corrected chi connectivity index (χ3v) is 3.68. The van der Waals surface area contributed by atoms with Gasteiger partial charge in [-0.1, -0.05) is 30.3 Å². The van der Waals surface area contributed by atoms with Crippen LogP contribution in [0.25, 0.3) is 10.9 Å². The number of H-pyrrole nitrogens is 1. The van der Waals surface area contributed by atoms with Crippen LogP contribution in [-0.4, -0.2) is 10.9 Å². The summed E-state index contributed by atoms with van der Waals surface area (Å²) in [6.07, 6.45) is 1.73. The maximum Gasteiger partial charge on any atom is 0.255 e. The number of aromatic nitrogens is 1. The van der Waals surface area contributed by atoms with Crippen LogP contribution in [0, 0.1) is 0 Å². The van der Waals surface area contributed by atoms with Crippen molar-refractivity contribution in [2.45, 2.75) is 6.17 Å². The van der Waals surface area contributed by atoms with Crippen LogP contribution in [0.15, 0.2) is 54.7 Å². The Labute approximate surface area is 115 Å². The van der Waals surface area contributed by atoms with Crippen LogP contribution in [0.1, 0.15) is 22.1 Å². The first kappa shape index (κ1) is 11.1. The molecule has 2 aromatic carbocycles. The van der Waals surface area contributed by atoms with Crippen LogP contribution in [0.4, 0.5) is 5.69 Å². The van der Waals surface area contributed by atoms with Gasteiger partial charge in [0.05, 0.1) is 5.56 Å². The molecule has 3 aromatic rings. The second-order valence-corrected chi connectivity index (χ2v) is 4.89. The highest BCUT2D eigenvalue weighted by molar-refractivity contribution is 6.02. The summed E-state index contributed by atoms with van der Waals surface area (Å²) >= 11 is 0. The molecular weight excluding hydrogens is 250 g/mol. The summed E-state index contributed by atoms with van der Waals surface area (Å²) in [5.74, 6) is -0.0466. The standard InChI is InChI=1S/C16H13N3O/c20-16-11-6-2-4-8-14(11)18-15(19-16)12-9-17-13-7-3-1-5-10(12)13/h1-9,15,17-18H,(H,19,20). The van der Waals surface area contributed by atoms with Gasteiger partial charge >= 0.3 is 0 Å². The number of carbonyl (C=O) groups is 1. The summed E-state index contributed by atoms with van der Waals surface area (Å²) in [6.45, 7) is 0. The van der Waals surface area contributed by atoms with E-state index in [1.165, 1.54) is 0 Å². The van der Waals surface area contributed by atoms with E-state index in [4.69, 9.17) is 0 Å². The molecule has 98 valence electrons. The smallest absolute Gasteiger partial charge is 0.255 e. The topological polar surface area (TPSA) is 56.9 Å². The fourth-order valence-electron chi connectivity index (χ4n) is 2.70. The van der Waals surface area contributed by atoms with Crippen LogP contribution in [0.3, 0.4) is 0 Å². The minimum absolute atomic E-state index is 0.0466. The fraction of sp³-hybridized carbons (Fsp3) is 0.0625. The normalized spacial score (nSPS) is 17.4. The van der Waals surface area contributed by atoms with Gasteiger partial charge in [-0.3, -0.25) is 4.79 Å². The van der Waals surface area contributed by atoms with Gasteiger partial charge in [-0.15, -0.1) is 0 Å². The summed E-state index contributed by atoms with van der Waals surface area (Å²) in [5.41, 5.74) is 3.66. The molecule has 0 saturated heterocycles. The predicted molar refractivity (Wildman–Crippen MR) is 78.6 cm³/mol. The van der Waals surface area contributed by atoms with Crippen LogP contribution >= 0.6 is 0 Å². The molecule has 2 heterocycles. The lowest BCUT2D eigenvalue weighted by Gasteiger charge is -2.27. The molecule has 1 amide bonds. The van der Waals surface area contributed by atoms with Gasteiger partial charge in [0, 0.05) is 28.4 Å². The number of amides is 1. The molecular formula is C16H13N3O. The molecule has 0 fully saturated rings. The van der Waals surface area contributed by atoms with Gasteiger partial charge in [-0.2, -0.15) is 0 Å². The van der Waals surface area contributed by atoms with Gasteiger partial charge in [0.25, 0.3) is 5.91 Å². The minimum atomic E-state index is -0.214. The maximum atomic E-state index is 12.2. The van der Waals surface area contributed by atoms with E-state index >= 15 is 0 Å². The first-order valence-corrected chi connectivity index (χ1v) is 6.55. The Balaban J connectivity index is 1.80. The average Bonchev–Trinajstić information content (AvgIpc) is 2.91. The monoisotopic (exact) mass is 263 g/mol. The zero-order valence-electron chi connectivity index (χ0n) is 10.7. The number of para-hydroxylation sites is 2. The molecule has 1 aliphatic heterocycles. The molecule has 0 bridgehead atoms. The number of rotatable bonds is 1. The van der Waals surface area contributed by atoms with Crippen molar-refractivity contribution in [3.63, 3.8) is 0 Å². The average molecular weight is 263 g/mol. The molecule has 1 atom stereocenters. The van der Waals surface area contributed by atoms with E-state index in [0.717, 1.165) is 22.2 Å². The molecule has 1 aromatic heterocycles. The molecule has 1 unspecified atom stereocenters. The molecule has 3 N–H and O–H groups in total. The maximum absolute atomic E-state index is 12.2. The van der Waals surface area contributed by atoms with Gasteiger partial charge in [0.2, 0.25) is 0 Å². The van der Waals surface area contributed by atoms with Crippen LogP contribution in [-0.2, 0) is 0 Å². The quantitative estimate of drug-likeness (QED) is 0.632. The molecule has 4 rings (SSSR count). The summed E-state index contributed by atoms with van der Waals surface area (Å²) in [7, 11) is 0. The predicted octanol–water partition coefficient (Wildman–Crippen LogP) is 3.02. The highest BCUT2D eigenvalue weighted by atomic mass is 16.2. The Morgan fingerprint density at radius 2 is 1.70 bits per heavy atom. The Morgan fingerprint density at radius 3 is 2.65 bits per heavy atom. The summed E-state index contributed by atoms with van der Waals surface area (Å²) < 4.78 is 0. The first-order valence-electron chi connectivity index (χ1n) is 6.55. The van der Waals surface area contributed by atoms with Crippen molar-refractivity contribution >= 4 is 22.5 Å². The van der Waals surface area contributed by atoms with E-state index in [9.17, 15) is 4.79 Å². The molecule has 0 spiro atoms. The van der Waals surface area contributed by atoms with Crippen molar-refractivity contribution in [1.82, 2.24) is 10.3 Å². The molecule has 1 aliphatic rings. The SMILES string of the molecule is O=C1NC(c2c[nH]c3ccccc23)Nc2ccccc21. The highest BCUT2D eigenvalue weighted by Gasteiger charge is 2.25. The Morgan fingerprint density at radius 1 is 0.900 bits per heavy atom. The number of hydrogen-bond donors (Lipinski definition) is 3. The van der Waals surface area contributed by atoms with E-state index in [0.29, 0.717) is 5.56 Å². The summed E-state index contributed by atoms with van der Waals surface area (Å²) in [4.78, 5) is 15.4. The Kier molecular flexibility index (Phi) is 2.29. The van der Waals surface area contributed by atoms with E-state index in [2.05, 4.69) is 21.7 Å². The Hall–Kier alpha value is -2.75.